The van der Waals surface area contributed by atoms with Crippen molar-refractivity contribution in [3.05, 3.63) is 0 Å². The smallest absolute Gasteiger partial charge is 0.0771 e. The second-order valence-electron chi connectivity index (χ2n) is 2.49. The minimum atomic E-state index is -0.267. The number of hydrogen-bond acceptors (Lipinski definition) is 2. The number of rotatable bonds is 6. The van der Waals surface area contributed by atoms with Gasteiger partial charge in [0, 0.05) is 6.61 Å². The second-order valence-corrected chi connectivity index (χ2v) is 2.49. The van der Waals surface area contributed by atoms with Crippen LogP contribution in [0.5, 0.6) is 0 Å². The van der Waals surface area contributed by atoms with Crippen LogP contribution in [0.15, 0.2) is 0 Å². The van der Waals surface area contributed by atoms with Gasteiger partial charge in [0.25, 0.3) is 0 Å². The highest BCUT2D eigenvalue weighted by atomic mass is 16.5. The zero-order valence-corrected chi connectivity index (χ0v) is 6.97. The van der Waals surface area contributed by atoms with Crippen molar-refractivity contribution in [2.45, 2.75) is 46.6 Å². The van der Waals surface area contributed by atoms with Gasteiger partial charge in [-0.05, 0) is 12.8 Å². The lowest BCUT2D eigenvalue weighted by Gasteiger charge is -2.07. The average Bonchev–Trinajstić information content (AvgIpc) is 1.98. The third-order valence-electron chi connectivity index (χ3n) is 1.42. The molecule has 2 heteroatoms. The van der Waals surface area contributed by atoms with Crippen molar-refractivity contribution in [2.24, 2.45) is 0 Å². The molecular weight excluding hydrogens is 140 g/mol. The molecule has 1 unspecified atom stereocenters. The Balaban J connectivity index is 0. The first-order valence-corrected chi connectivity index (χ1v) is 4.07. The van der Waals surface area contributed by atoms with Crippen LogP contribution in [0.3, 0.4) is 0 Å². The van der Waals surface area contributed by atoms with Crippen LogP contribution in [0, 0.1) is 0 Å². The van der Waals surface area contributed by atoms with Gasteiger partial charge in [0.05, 0.1) is 12.7 Å². The molecule has 0 saturated heterocycles. The van der Waals surface area contributed by atoms with Gasteiger partial charge >= 0.3 is 0 Å². The monoisotopic (exact) mass is 162 g/mol. The van der Waals surface area contributed by atoms with Gasteiger partial charge in [0.1, 0.15) is 0 Å². The third-order valence-corrected chi connectivity index (χ3v) is 1.42. The van der Waals surface area contributed by atoms with Crippen LogP contribution in [-0.4, -0.2) is 24.4 Å². The standard InChI is InChI=1S/C8H18O2.CH4/c1-3-5-6-10-7-8(9)4-2;/h8-9H,3-7H2,1-2H3;1H4. The SMILES string of the molecule is C.CCCCOCC(O)CC. The van der Waals surface area contributed by atoms with Gasteiger partial charge in [0.2, 0.25) is 0 Å². The molecule has 0 amide bonds. The molecule has 0 aromatic carbocycles. The Morgan fingerprint density at radius 2 is 2.00 bits per heavy atom. The number of unbranched alkanes of at least 4 members (excludes halogenated alkanes) is 1. The first kappa shape index (κ1) is 13.5. The molecule has 11 heavy (non-hydrogen) atoms. The van der Waals surface area contributed by atoms with Crippen molar-refractivity contribution in [2.75, 3.05) is 13.2 Å². The summed E-state index contributed by atoms with van der Waals surface area (Å²) in [5.41, 5.74) is 0. The lowest BCUT2D eigenvalue weighted by Crippen LogP contribution is -2.14. The number of hydrogen-bond donors (Lipinski definition) is 1. The first-order chi connectivity index (χ1) is 4.81. The predicted molar refractivity (Wildman–Crippen MR) is 48.8 cm³/mol. The molecule has 0 aliphatic heterocycles. The molecule has 70 valence electrons. The highest BCUT2D eigenvalue weighted by Crippen LogP contribution is 1.93. The van der Waals surface area contributed by atoms with E-state index in [1.54, 1.807) is 0 Å². The Kier molecular flexibility index (Phi) is 12.2. The Morgan fingerprint density at radius 1 is 1.36 bits per heavy atom. The maximum atomic E-state index is 9.03. The van der Waals surface area contributed by atoms with E-state index in [1.807, 2.05) is 6.92 Å². The minimum absolute atomic E-state index is 0. The largest absolute Gasteiger partial charge is 0.391 e. The lowest BCUT2D eigenvalue weighted by atomic mass is 10.3. The highest BCUT2D eigenvalue weighted by Gasteiger charge is 1.98. The van der Waals surface area contributed by atoms with Crippen LogP contribution in [0.4, 0.5) is 0 Å². The van der Waals surface area contributed by atoms with Crippen LogP contribution < -0.4 is 0 Å². The molecule has 0 aromatic heterocycles. The fourth-order valence-electron chi connectivity index (χ4n) is 0.584. The number of aliphatic hydroxyl groups is 1. The molecule has 2 nitrogen and oxygen atoms in total. The Bertz CT molecular complexity index is 64.6. The van der Waals surface area contributed by atoms with Crippen LogP contribution in [0.1, 0.15) is 40.5 Å². The van der Waals surface area contributed by atoms with Crippen molar-refractivity contribution < 1.29 is 9.84 Å². The molecule has 0 spiro atoms. The second kappa shape index (κ2) is 9.92. The Hall–Kier alpha value is -0.0800. The molecule has 1 atom stereocenters. The summed E-state index contributed by atoms with van der Waals surface area (Å²) in [7, 11) is 0. The van der Waals surface area contributed by atoms with Gasteiger partial charge in [-0.3, -0.25) is 0 Å². The fraction of sp³-hybridized carbons (Fsp3) is 1.00. The third kappa shape index (κ3) is 9.92. The fourth-order valence-corrected chi connectivity index (χ4v) is 0.584. The summed E-state index contributed by atoms with van der Waals surface area (Å²) in [4.78, 5) is 0. The molecular formula is C9H22O2. The molecule has 0 rings (SSSR count). The van der Waals surface area contributed by atoms with Crippen LogP contribution in [-0.2, 0) is 4.74 Å². The highest BCUT2D eigenvalue weighted by molar-refractivity contribution is 4.47. The summed E-state index contributed by atoms with van der Waals surface area (Å²) in [6, 6.07) is 0. The van der Waals surface area contributed by atoms with Gasteiger partial charge in [0.15, 0.2) is 0 Å². The number of aliphatic hydroxyl groups excluding tert-OH is 1. The molecule has 0 aromatic rings. The van der Waals surface area contributed by atoms with Gasteiger partial charge < -0.3 is 9.84 Å². The van der Waals surface area contributed by atoms with E-state index in [4.69, 9.17) is 9.84 Å². The van der Waals surface area contributed by atoms with Crippen molar-refractivity contribution in [3.8, 4) is 0 Å². The molecule has 0 aliphatic carbocycles. The minimum Gasteiger partial charge on any atom is -0.391 e. The summed E-state index contributed by atoms with van der Waals surface area (Å²) < 4.78 is 5.18. The maximum Gasteiger partial charge on any atom is 0.0771 e. The zero-order valence-electron chi connectivity index (χ0n) is 6.97. The zero-order chi connectivity index (χ0) is 7.82. The van der Waals surface area contributed by atoms with E-state index in [2.05, 4.69) is 6.92 Å². The van der Waals surface area contributed by atoms with E-state index in [1.165, 1.54) is 0 Å². The molecule has 0 fully saturated rings. The van der Waals surface area contributed by atoms with Crippen molar-refractivity contribution in [1.82, 2.24) is 0 Å². The van der Waals surface area contributed by atoms with E-state index in [0.717, 1.165) is 25.9 Å². The quantitative estimate of drug-likeness (QED) is 0.607. The van der Waals surface area contributed by atoms with Gasteiger partial charge in [-0.25, -0.2) is 0 Å². The summed E-state index contributed by atoms with van der Waals surface area (Å²) >= 11 is 0. The molecule has 0 aliphatic rings. The average molecular weight is 162 g/mol. The molecule has 0 bridgehead atoms. The van der Waals surface area contributed by atoms with Gasteiger partial charge in [-0.15, -0.1) is 0 Å². The van der Waals surface area contributed by atoms with Crippen LogP contribution in [0.25, 0.3) is 0 Å². The maximum absolute atomic E-state index is 9.03. The van der Waals surface area contributed by atoms with Crippen molar-refractivity contribution in [1.29, 1.82) is 0 Å². The van der Waals surface area contributed by atoms with Crippen LogP contribution >= 0.6 is 0 Å². The number of ether oxygens (including phenoxy) is 1. The topological polar surface area (TPSA) is 29.5 Å². The summed E-state index contributed by atoms with van der Waals surface area (Å²) in [5.74, 6) is 0. The van der Waals surface area contributed by atoms with Gasteiger partial charge in [-0.2, -0.15) is 0 Å². The van der Waals surface area contributed by atoms with Gasteiger partial charge in [-0.1, -0.05) is 27.7 Å². The van der Waals surface area contributed by atoms with E-state index in [9.17, 15) is 0 Å². The van der Waals surface area contributed by atoms with E-state index in [0.29, 0.717) is 6.61 Å². The predicted octanol–water partition coefficient (Wildman–Crippen LogP) is 2.21. The molecule has 1 N–H and O–H groups in total. The van der Waals surface area contributed by atoms with E-state index >= 15 is 0 Å². The molecule has 0 radical (unpaired) electrons. The summed E-state index contributed by atoms with van der Waals surface area (Å²) in [6.07, 6.45) is 2.77. The van der Waals surface area contributed by atoms with Crippen molar-refractivity contribution in [3.63, 3.8) is 0 Å². The normalized spacial score (nSPS) is 12.3. The van der Waals surface area contributed by atoms with Crippen molar-refractivity contribution >= 4 is 0 Å². The summed E-state index contributed by atoms with van der Waals surface area (Å²) in [5, 5.41) is 9.03. The molecule has 0 saturated carbocycles. The Labute approximate surface area is 70.6 Å². The van der Waals surface area contributed by atoms with E-state index in [-0.39, 0.29) is 13.5 Å². The molecule has 0 heterocycles. The lowest BCUT2D eigenvalue weighted by molar-refractivity contribution is 0.0340. The first-order valence-electron chi connectivity index (χ1n) is 4.07. The van der Waals surface area contributed by atoms with Crippen LogP contribution in [0.2, 0.25) is 0 Å². The summed E-state index contributed by atoms with van der Waals surface area (Å²) in [6.45, 7) is 5.36. The van der Waals surface area contributed by atoms with E-state index < -0.39 is 0 Å². The Morgan fingerprint density at radius 3 is 2.45 bits per heavy atom.